The second kappa shape index (κ2) is 4.46. The first-order valence-corrected chi connectivity index (χ1v) is 4.19. The standard InChI is InChI=1S/C9H3F7O2/c1-9(15,16)8(17)18-7-5(13)3(11)2(10)4(12)6(7)14/h1H3. The summed E-state index contributed by atoms with van der Waals surface area (Å²) in [7, 11) is 0. The highest BCUT2D eigenvalue weighted by Gasteiger charge is 2.38. The molecule has 0 radical (unpaired) electrons. The smallest absolute Gasteiger partial charge is 0.382 e. The molecule has 0 heterocycles. The summed E-state index contributed by atoms with van der Waals surface area (Å²) in [6.07, 6.45) is 0. The molecule has 0 aliphatic rings. The number of benzene rings is 1. The van der Waals surface area contributed by atoms with E-state index in [4.69, 9.17) is 0 Å². The molecule has 100 valence electrons. The van der Waals surface area contributed by atoms with Crippen LogP contribution in [0, 0.1) is 29.1 Å². The first kappa shape index (κ1) is 14.3. The van der Waals surface area contributed by atoms with Crippen molar-refractivity contribution < 1.29 is 40.3 Å². The number of rotatable bonds is 2. The molecule has 1 aromatic carbocycles. The fourth-order valence-corrected chi connectivity index (χ4v) is 0.857. The van der Waals surface area contributed by atoms with E-state index < -0.39 is 46.7 Å². The summed E-state index contributed by atoms with van der Waals surface area (Å²) in [5, 5.41) is 0. The highest BCUT2D eigenvalue weighted by molar-refractivity contribution is 5.79. The van der Waals surface area contributed by atoms with Crippen LogP contribution in [-0.2, 0) is 4.79 Å². The van der Waals surface area contributed by atoms with Crippen LogP contribution in [0.25, 0.3) is 0 Å². The van der Waals surface area contributed by atoms with Gasteiger partial charge in [0.25, 0.3) is 0 Å². The van der Waals surface area contributed by atoms with Gasteiger partial charge in [0.1, 0.15) is 0 Å². The van der Waals surface area contributed by atoms with E-state index in [1.165, 1.54) is 0 Å². The minimum absolute atomic E-state index is 0.0291. The predicted octanol–water partition coefficient (Wildman–Crippen LogP) is 2.94. The highest BCUT2D eigenvalue weighted by atomic mass is 19.3. The minimum atomic E-state index is -4.15. The predicted molar refractivity (Wildman–Crippen MR) is 42.5 cm³/mol. The number of carbonyl (C=O) groups excluding carboxylic acids is 1. The number of esters is 1. The van der Waals surface area contributed by atoms with Crippen molar-refractivity contribution in [3.8, 4) is 5.75 Å². The monoisotopic (exact) mass is 276 g/mol. The first-order chi connectivity index (χ1) is 8.07. The van der Waals surface area contributed by atoms with Crippen molar-refractivity contribution in [1.82, 2.24) is 0 Å². The van der Waals surface area contributed by atoms with Crippen LogP contribution >= 0.6 is 0 Å². The Morgan fingerprint density at radius 2 is 1.22 bits per heavy atom. The Labute approximate surface area is 95.0 Å². The number of carbonyl (C=O) groups is 1. The quantitative estimate of drug-likeness (QED) is 0.273. The zero-order valence-electron chi connectivity index (χ0n) is 8.46. The molecule has 0 aromatic heterocycles. The van der Waals surface area contributed by atoms with Gasteiger partial charge >= 0.3 is 11.9 Å². The van der Waals surface area contributed by atoms with E-state index in [9.17, 15) is 35.5 Å². The third-order valence-corrected chi connectivity index (χ3v) is 1.72. The molecule has 0 unspecified atom stereocenters. The van der Waals surface area contributed by atoms with Crippen molar-refractivity contribution >= 4 is 5.97 Å². The van der Waals surface area contributed by atoms with Crippen molar-refractivity contribution in [2.24, 2.45) is 0 Å². The van der Waals surface area contributed by atoms with Gasteiger partial charge in [-0.05, 0) is 0 Å². The molecule has 9 heteroatoms. The van der Waals surface area contributed by atoms with E-state index in [1.54, 1.807) is 0 Å². The van der Waals surface area contributed by atoms with Gasteiger partial charge in [-0.25, -0.2) is 18.0 Å². The van der Waals surface area contributed by atoms with Crippen molar-refractivity contribution in [3.63, 3.8) is 0 Å². The lowest BCUT2D eigenvalue weighted by Crippen LogP contribution is -2.30. The largest absolute Gasteiger partial charge is 0.416 e. The van der Waals surface area contributed by atoms with Crippen LogP contribution < -0.4 is 4.74 Å². The van der Waals surface area contributed by atoms with Crippen LogP contribution in [0.2, 0.25) is 0 Å². The SMILES string of the molecule is CC(F)(F)C(=O)Oc1c(F)c(F)c(F)c(F)c1F. The third-order valence-electron chi connectivity index (χ3n) is 1.72. The Bertz CT molecular complexity index is 478. The molecule has 0 N–H and O–H groups in total. The van der Waals surface area contributed by atoms with Gasteiger partial charge in [-0.2, -0.15) is 17.6 Å². The van der Waals surface area contributed by atoms with Gasteiger partial charge < -0.3 is 4.74 Å². The van der Waals surface area contributed by atoms with Crippen molar-refractivity contribution in [1.29, 1.82) is 0 Å². The molecule has 0 aliphatic heterocycles. The van der Waals surface area contributed by atoms with E-state index in [-0.39, 0.29) is 6.92 Å². The normalized spacial score (nSPS) is 11.6. The lowest BCUT2D eigenvalue weighted by molar-refractivity contribution is -0.159. The molecular formula is C9H3F7O2. The summed E-state index contributed by atoms with van der Waals surface area (Å²) in [4.78, 5) is 10.6. The Morgan fingerprint density at radius 1 is 0.889 bits per heavy atom. The van der Waals surface area contributed by atoms with Crippen molar-refractivity contribution in [2.75, 3.05) is 0 Å². The number of ether oxygens (including phenoxy) is 1. The number of halogens is 7. The lowest BCUT2D eigenvalue weighted by atomic mass is 10.2. The van der Waals surface area contributed by atoms with Gasteiger partial charge in [-0.1, -0.05) is 0 Å². The fourth-order valence-electron chi connectivity index (χ4n) is 0.857. The summed E-state index contributed by atoms with van der Waals surface area (Å²) >= 11 is 0. The second-order valence-electron chi connectivity index (χ2n) is 3.18. The minimum Gasteiger partial charge on any atom is -0.416 e. The maximum atomic E-state index is 12.9. The van der Waals surface area contributed by atoms with Gasteiger partial charge in [0, 0.05) is 6.92 Å². The van der Waals surface area contributed by atoms with Crippen LogP contribution in [0.3, 0.4) is 0 Å². The summed E-state index contributed by atoms with van der Waals surface area (Å²) in [6.45, 7) is 0.0291. The molecule has 1 rings (SSSR count). The number of hydrogen-bond acceptors (Lipinski definition) is 2. The van der Waals surface area contributed by atoms with Crippen LogP contribution in [-0.4, -0.2) is 11.9 Å². The molecule has 0 fully saturated rings. The molecule has 0 atom stereocenters. The molecule has 1 aromatic rings. The zero-order valence-corrected chi connectivity index (χ0v) is 8.46. The average molecular weight is 276 g/mol. The van der Waals surface area contributed by atoms with Crippen LogP contribution in [0.1, 0.15) is 6.92 Å². The Morgan fingerprint density at radius 3 is 1.56 bits per heavy atom. The van der Waals surface area contributed by atoms with Gasteiger partial charge in [-0.15, -0.1) is 0 Å². The van der Waals surface area contributed by atoms with Crippen LogP contribution in [0.5, 0.6) is 5.75 Å². The second-order valence-corrected chi connectivity index (χ2v) is 3.18. The zero-order chi connectivity index (χ0) is 14.2. The Hall–Kier alpha value is -1.80. The molecule has 18 heavy (non-hydrogen) atoms. The molecule has 0 aliphatic carbocycles. The van der Waals surface area contributed by atoms with Crippen molar-refractivity contribution in [3.05, 3.63) is 29.1 Å². The van der Waals surface area contributed by atoms with Crippen LogP contribution in [0.15, 0.2) is 0 Å². The third kappa shape index (κ3) is 2.39. The molecule has 0 spiro atoms. The molecule has 2 nitrogen and oxygen atoms in total. The van der Waals surface area contributed by atoms with Gasteiger partial charge in [0.15, 0.2) is 0 Å². The lowest BCUT2D eigenvalue weighted by Gasteiger charge is -2.11. The van der Waals surface area contributed by atoms with Gasteiger partial charge in [0.05, 0.1) is 0 Å². The summed E-state index contributed by atoms with van der Waals surface area (Å²) in [5.41, 5.74) is 0. The van der Waals surface area contributed by atoms with Crippen LogP contribution in [0.4, 0.5) is 30.7 Å². The molecule has 0 amide bonds. The van der Waals surface area contributed by atoms with E-state index in [2.05, 4.69) is 4.74 Å². The fraction of sp³-hybridized carbons (Fsp3) is 0.222. The Balaban J connectivity index is 3.31. The molecular weight excluding hydrogens is 273 g/mol. The summed E-state index contributed by atoms with van der Waals surface area (Å²) in [5.74, 6) is -21.0. The summed E-state index contributed by atoms with van der Waals surface area (Å²) in [6, 6.07) is 0. The molecule has 0 saturated carbocycles. The highest BCUT2D eigenvalue weighted by Crippen LogP contribution is 2.30. The Kier molecular flexibility index (Phi) is 3.54. The van der Waals surface area contributed by atoms with E-state index in [0.29, 0.717) is 0 Å². The average Bonchev–Trinajstić information content (AvgIpc) is 2.28. The molecule has 0 bridgehead atoms. The maximum Gasteiger partial charge on any atom is 0.382 e. The van der Waals surface area contributed by atoms with Gasteiger partial charge in [0.2, 0.25) is 34.8 Å². The maximum absolute atomic E-state index is 12.9. The summed E-state index contributed by atoms with van der Waals surface area (Å²) < 4.78 is 91.8. The molecule has 0 saturated heterocycles. The number of alkyl halides is 2. The topological polar surface area (TPSA) is 26.3 Å². The van der Waals surface area contributed by atoms with Gasteiger partial charge in [-0.3, -0.25) is 0 Å². The van der Waals surface area contributed by atoms with E-state index in [0.717, 1.165) is 0 Å². The first-order valence-electron chi connectivity index (χ1n) is 4.19. The van der Waals surface area contributed by atoms with Crippen molar-refractivity contribution in [2.45, 2.75) is 12.8 Å². The van der Waals surface area contributed by atoms with E-state index in [1.807, 2.05) is 0 Å². The van der Waals surface area contributed by atoms with E-state index >= 15 is 0 Å². The number of hydrogen-bond donors (Lipinski definition) is 0.